The highest BCUT2D eigenvalue weighted by molar-refractivity contribution is 7.97. The fourth-order valence-corrected chi connectivity index (χ4v) is 0.438. The highest BCUT2D eigenvalue weighted by atomic mass is 32.1. The van der Waals surface area contributed by atoms with E-state index in [1.807, 2.05) is 0 Å². The second kappa shape index (κ2) is 2.00. The summed E-state index contributed by atoms with van der Waals surface area (Å²) in [5.74, 6) is 0. The molecule has 1 rings (SSSR count). The van der Waals surface area contributed by atoms with Crippen LogP contribution < -0.4 is 0 Å². The molecule has 3 nitrogen and oxygen atoms in total. The van der Waals surface area contributed by atoms with Gasteiger partial charge in [0.25, 0.3) is 0 Å². The van der Waals surface area contributed by atoms with E-state index in [1.54, 1.807) is 0 Å². The summed E-state index contributed by atoms with van der Waals surface area (Å²) >= 11 is 3.49. The van der Waals surface area contributed by atoms with Crippen LogP contribution >= 0.6 is 12.6 Å². The molecule has 0 saturated carbocycles. The highest BCUT2D eigenvalue weighted by Gasteiger charge is 2.00. The molecule has 0 aliphatic carbocycles. The van der Waals surface area contributed by atoms with Gasteiger partial charge in [0, 0.05) is 6.07 Å². The first-order chi connectivity index (χ1) is 3.80. The minimum atomic E-state index is -0.376. The number of hydrogen-bond donors (Lipinski definition) is 1. The van der Waals surface area contributed by atoms with E-state index in [0.717, 1.165) is 0 Å². The van der Waals surface area contributed by atoms with Gasteiger partial charge in [0.05, 0.1) is 0 Å². The fourth-order valence-electron chi connectivity index (χ4n) is 0.323. The van der Waals surface area contributed by atoms with E-state index in [0.29, 0.717) is 0 Å². The Balaban J connectivity index is 2.93. The van der Waals surface area contributed by atoms with Crippen LogP contribution in [0.25, 0.3) is 0 Å². The zero-order valence-corrected chi connectivity index (χ0v) is 4.76. The van der Waals surface area contributed by atoms with Crippen LogP contribution in [0.15, 0.2) is 16.9 Å². The van der Waals surface area contributed by atoms with Crippen LogP contribution in [-0.4, -0.2) is 10.3 Å². The van der Waals surface area contributed by atoms with E-state index in [-0.39, 0.29) is 10.8 Å². The molecule has 0 bridgehead atoms. The second-order valence-corrected chi connectivity index (χ2v) is 1.60. The smallest absolute Gasteiger partial charge is 0.238 e. The topological polar surface area (TPSA) is 43.1 Å². The molecular weight excluding hydrogens is 126 g/mol. The molecule has 0 spiro atoms. The van der Waals surface area contributed by atoms with Crippen LogP contribution in [0.5, 0.6) is 0 Å². The number of aromatic nitrogens is 1. The molecule has 0 radical (unpaired) electrons. The number of hydrogen-bond acceptors (Lipinski definition) is 3. The first kappa shape index (κ1) is 5.37. The van der Waals surface area contributed by atoms with Gasteiger partial charge in [0.1, 0.15) is 6.26 Å². The van der Waals surface area contributed by atoms with Crippen LogP contribution in [0.2, 0.25) is 0 Å². The molecule has 0 fully saturated rings. The summed E-state index contributed by atoms with van der Waals surface area (Å²) in [7, 11) is 0. The van der Waals surface area contributed by atoms with E-state index >= 15 is 0 Å². The molecule has 0 aliphatic heterocycles. The highest BCUT2D eigenvalue weighted by Crippen LogP contribution is 1.97. The van der Waals surface area contributed by atoms with Crippen molar-refractivity contribution in [3.63, 3.8) is 0 Å². The molecule has 42 valence electrons. The Morgan fingerprint density at radius 3 is 2.88 bits per heavy atom. The van der Waals surface area contributed by atoms with E-state index in [9.17, 15) is 4.79 Å². The standard InChI is InChI=1S/C4H3NO2S/c6-4(8)3-1-2-7-5-3/h1-2H,(H,6,8). The predicted octanol–water partition coefficient (Wildman–Crippen LogP) is 0.745. The lowest BCUT2D eigenvalue weighted by atomic mass is 10.5. The van der Waals surface area contributed by atoms with Gasteiger partial charge < -0.3 is 4.52 Å². The number of thiol groups is 1. The Hall–Kier alpha value is -0.770. The van der Waals surface area contributed by atoms with Gasteiger partial charge in [0.2, 0.25) is 5.12 Å². The minimum absolute atomic E-state index is 0.244. The maximum Gasteiger partial charge on any atom is 0.238 e. The Kier molecular flexibility index (Phi) is 1.34. The molecule has 1 heterocycles. The van der Waals surface area contributed by atoms with Gasteiger partial charge >= 0.3 is 0 Å². The predicted molar refractivity (Wildman–Crippen MR) is 29.8 cm³/mol. The molecule has 0 aliphatic rings. The summed E-state index contributed by atoms with van der Waals surface area (Å²) < 4.78 is 4.36. The van der Waals surface area contributed by atoms with Gasteiger partial charge in [-0.3, -0.25) is 4.79 Å². The molecule has 1 aromatic heterocycles. The van der Waals surface area contributed by atoms with Crippen molar-refractivity contribution < 1.29 is 9.32 Å². The largest absolute Gasteiger partial charge is 0.364 e. The van der Waals surface area contributed by atoms with Crippen molar-refractivity contribution >= 4 is 17.7 Å². The third-order valence-corrected chi connectivity index (χ3v) is 0.886. The molecule has 4 heteroatoms. The molecule has 0 amide bonds. The summed E-state index contributed by atoms with van der Waals surface area (Å²) in [6.07, 6.45) is 1.32. The first-order valence-electron chi connectivity index (χ1n) is 1.94. The van der Waals surface area contributed by atoms with Crippen molar-refractivity contribution in [3.05, 3.63) is 18.0 Å². The monoisotopic (exact) mass is 129 g/mol. The molecule has 0 saturated heterocycles. The maximum absolute atomic E-state index is 10.2. The molecule has 0 N–H and O–H groups in total. The van der Waals surface area contributed by atoms with E-state index < -0.39 is 0 Å². The summed E-state index contributed by atoms with van der Waals surface area (Å²) in [4.78, 5) is 10.2. The van der Waals surface area contributed by atoms with Crippen molar-refractivity contribution in [1.82, 2.24) is 5.16 Å². The zero-order chi connectivity index (χ0) is 5.98. The van der Waals surface area contributed by atoms with Crippen LogP contribution in [0.1, 0.15) is 10.5 Å². The van der Waals surface area contributed by atoms with Gasteiger partial charge in [0.15, 0.2) is 5.69 Å². The zero-order valence-electron chi connectivity index (χ0n) is 3.87. The van der Waals surface area contributed by atoms with Crippen LogP contribution in [0.3, 0.4) is 0 Å². The van der Waals surface area contributed by atoms with Crippen LogP contribution in [-0.2, 0) is 0 Å². The lowest BCUT2D eigenvalue weighted by molar-refractivity contribution is 0.108. The lowest BCUT2D eigenvalue weighted by Crippen LogP contribution is -1.85. The summed E-state index contributed by atoms with van der Waals surface area (Å²) in [6, 6.07) is 1.45. The van der Waals surface area contributed by atoms with Crippen molar-refractivity contribution in [2.45, 2.75) is 0 Å². The van der Waals surface area contributed by atoms with Gasteiger partial charge in [-0.1, -0.05) is 17.8 Å². The average molecular weight is 129 g/mol. The van der Waals surface area contributed by atoms with Crippen LogP contribution in [0, 0.1) is 0 Å². The second-order valence-electron chi connectivity index (χ2n) is 1.19. The van der Waals surface area contributed by atoms with E-state index in [2.05, 4.69) is 22.3 Å². The van der Waals surface area contributed by atoms with Gasteiger partial charge in [-0.05, 0) is 0 Å². The number of carbonyl (C=O) groups is 1. The molecule has 0 atom stereocenters. The molecule has 8 heavy (non-hydrogen) atoms. The Labute approximate surface area is 51.1 Å². The summed E-state index contributed by atoms with van der Waals surface area (Å²) in [5.41, 5.74) is 0.244. The lowest BCUT2D eigenvalue weighted by Gasteiger charge is -1.75. The minimum Gasteiger partial charge on any atom is -0.364 e. The maximum atomic E-state index is 10.2. The van der Waals surface area contributed by atoms with E-state index in [1.165, 1.54) is 12.3 Å². The Morgan fingerprint density at radius 1 is 1.88 bits per heavy atom. The van der Waals surface area contributed by atoms with Crippen LogP contribution in [0.4, 0.5) is 0 Å². The Morgan fingerprint density at radius 2 is 2.62 bits per heavy atom. The summed E-state index contributed by atoms with van der Waals surface area (Å²) in [6.45, 7) is 0. The van der Waals surface area contributed by atoms with Gasteiger partial charge in [-0.2, -0.15) is 0 Å². The quantitative estimate of drug-likeness (QED) is 0.569. The number of rotatable bonds is 1. The SMILES string of the molecule is O=C(S)c1ccon1. The molecular formula is C4H3NO2S. The average Bonchev–Trinajstić information content (AvgIpc) is 2.12. The number of carbonyl (C=O) groups excluding carboxylic acids is 1. The van der Waals surface area contributed by atoms with Crippen molar-refractivity contribution in [1.29, 1.82) is 0 Å². The first-order valence-corrected chi connectivity index (χ1v) is 2.39. The summed E-state index contributed by atoms with van der Waals surface area (Å²) in [5, 5.41) is 2.94. The van der Waals surface area contributed by atoms with Crippen molar-refractivity contribution in [2.75, 3.05) is 0 Å². The molecule has 0 unspecified atom stereocenters. The van der Waals surface area contributed by atoms with Crippen molar-refractivity contribution in [3.8, 4) is 0 Å². The van der Waals surface area contributed by atoms with E-state index in [4.69, 9.17) is 0 Å². The molecule has 1 aromatic rings. The third-order valence-electron chi connectivity index (χ3n) is 0.657. The fraction of sp³-hybridized carbons (Fsp3) is 0. The molecule has 0 aromatic carbocycles. The van der Waals surface area contributed by atoms with Gasteiger partial charge in [-0.15, -0.1) is 0 Å². The van der Waals surface area contributed by atoms with Crippen molar-refractivity contribution in [2.24, 2.45) is 0 Å². The van der Waals surface area contributed by atoms with Gasteiger partial charge in [-0.25, -0.2) is 0 Å². The number of nitrogens with zero attached hydrogens (tertiary/aromatic N) is 1. The normalized spacial score (nSPS) is 9.12. The Bertz CT molecular complexity index is 182. The third kappa shape index (κ3) is 0.894.